The number of nitrogens with one attached hydrogen (secondary N) is 1. The Balaban J connectivity index is 2.02. The number of hydrogen-bond donors (Lipinski definition) is 1. The number of ether oxygens (including phenoxy) is 1. The van der Waals surface area contributed by atoms with Crippen LogP contribution in [0.15, 0.2) is 18.2 Å². The molecule has 0 radical (unpaired) electrons. The average Bonchev–Trinajstić information content (AvgIpc) is 2.57. The second-order valence-corrected chi connectivity index (χ2v) is 6.76. The van der Waals surface area contributed by atoms with Crippen molar-refractivity contribution in [3.8, 4) is 6.07 Å². The first-order valence-electron chi connectivity index (χ1n) is 7.76. The van der Waals surface area contributed by atoms with Gasteiger partial charge in [-0.05, 0) is 38.0 Å². The van der Waals surface area contributed by atoms with E-state index in [0.717, 1.165) is 19.3 Å². The molecule has 5 nitrogen and oxygen atoms in total. The van der Waals surface area contributed by atoms with Crippen molar-refractivity contribution < 1.29 is 14.3 Å². The van der Waals surface area contributed by atoms with Crippen molar-refractivity contribution in [1.29, 1.82) is 5.26 Å². The molecular formula is C17H18Cl2N2O3. The van der Waals surface area contributed by atoms with Gasteiger partial charge in [0.05, 0.1) is 16.7 Å². The molecule has 1 fully saturated rings. The van der Waals surface area contributed by atoms with Crippen molar-refractivity contribution >= 4 is 35.1 Å². The Hall–Kier alpha value is -1.77. The van der Waals surface area contributed by atoms with Crippen LogP contribution in [0.3, 0.4) is 0 Å². The third-order valence-corrected chi connectivity index (χ3v) is 4.65. The van der Waals surface area contributed by atoms with Gasteiger partial charge in [0.1, 0.15) is 5.54 Å². The van der Waals surface area contributed by atoms with E-state index in [9.17, 15) is 14.9 Å². The first-order valence-corrected chi connectivity index (χ1v) is 8.52. The zero-order chi connectivity index (χ0) is 17.7. The standard InChI is InChI=1S/C17H18Cl2N2O3/c1-11(15(22)21-17(10-20)7-3-2-4-8-17)24-16(23)13-9-12(18)5-6-14(13)19/h5-6,9,11H,2-4,7-8H2,1H3,(H,21,22)/t11-/m1/s1. The summed E-state index contributed by atoms with van der Waals surface area (Å²) in [5, 5.41) is 12.7. The molecule has 1 N–H and O–H groups in total. The number of carbonyl (C=O) groups excluding carboxylic acids is 2. The first kappa shape index (κ1) is 18.6. The molecule has 0 aliphatic heterocycles. The predicted molar refractivity (Wildman–Crippen MR) is 90.9 cm³/mol. The second kappa shape index (κ2) is 7.87. The van der Waals surface area contributed by atoms with E-state index in [-0.39, 0.29) is 10.6 Å². The largest absolute Gasteiger partial charge is 0.449 e. The Bertz CT molecular complexity index is 679. The molecule has 128 valence electrons. The molecule has 1 atom stereocenters. The molecule has 1 aromatic rings. The highest BCUT2D eigenvalue weighted by atomic mass is 35.5. The number of benzene rings is 1. The minimum Gasteiger partial charge on any atom is -0.449 e. The lowest BCUT2D eigenvalue weighted by Gasteiger charge is -2.32. The van der Waals surface area contributed by atoms with Crippen LogP contribution in [-0.2, 0) is 9.53 Å². The summed E-state index contributed by atoms with van der Waals surface area (Å²) in [4.78, 5) is 24.5. The first-order chi connectivity index (χ1) is 11.4. The minimum atomic E-state index is -1.04. The molecule has 0 spiro atoms. The Labute approximate surface area is 150 Å². The maximum Gasteiger partial charge on any atom is 0.340 e. The molecule has 1 aliphatic carbocycles. The van der Waals surface area contributed by atoms with Gasteiger partial charge in [-0.25, -0.2) is 4.79 Å². The lowest BCUT2D eigenvalue weighted by Crippen LogP contribution is -2.52. The number of esters is 1. The lowest BCUT2D eigenvalue weighted by atomic mass is 9.83. The van der Waals surface area contributed by atoms with Gasteiger partial charge in [0.25, 0.3) is 5.91 Å². The highest BCUT2D eigenvalue weighted by Crippen LogP contribution is 2.28. The fourth-order valence-electron chi connectivity index (χ4n) is 2.69. The second-order valence-electron chi connectivity index (χ2n) is 5.92. The zero-order valence-corrected chi connectivity index (χ0v) is 14.8. The van der Waals surface area contributed by atoms with E-state index >= 15 is 0 Å². The summed E-state index contributed by atoms with van der Waals surface area (Å²) in [6, 6.07) is 6.61. The van der Waals surface area contributed by atoms with Gasteiger partial charge in [-0.3, -0.25) is 4.79 Å². The van der Waals surface area contributed by atoms with Gasteiger partial charge in [0, 0.05) is 5.02 Å². The quantitative estimate of drug-likeness (QED) is 0.817. The summed E-state index contributed by atoms with van der Waals surface area (Å²) >= 11 is 11.8. The van der Waals surface area contributed by atoms with Gasteiger partial charge in [0.2, 0.25) is 0 Å². The molecule has 24 heavy (non-hydrogen) atoms. The Morgan fingerprint density at radius 1 is 1.29 bits per heavy atom. The van der Waals surface area contributed by atoms with Crippen molar-refractivity contribution in [2.45, 2.75) is 50.7 Å². The van der Waals surface area contributed by atoms with Gasteiger partial charge in [-0.1, -0.05) is 42.5 Å². The van der Waals surface area contributed by atoms with Crippen LogP contribution in [0, 0.1) is 11.3 Å². The summed E-state index contributed by atoms with van der Waals surface area (Å²) < 4.78 is 5.16. The van der Waals surface area contributed by atoms with E-state index in [1.807, 2.05) is 0 Å². The maximum atomic E-state index is 12.3. The van der Waals surface area contributed by atoms with Crippen LogP contribution < -0.4 is 5.32 Å². The fourth-order valence-corrected chi connectivity index (χ4v) is 3.06. The summed E-state index contributed by atoms with van der Waals surface area (Å²) in [5.74, 6) is -1.23. The van der Waals surface area contributed by atoms with E-state index in [2.05, 4.69) is 11.4 Å². The van der Waals surface area contributed by atoms with Crippen molar-refractivity contribution in [3.63, 3.8) is 0 Å². The van der Waals surface area contributed by atoms with Crippen molar-refractivity contribution in [1.82, 2.24) is 5.32 Å². The van der Waals surface area contributed by atoms with Crippen LogP contribution >= 0.6 is 23.2 Å². The van der Waals surface area contributed by atoms with Gasteiger partial charge < -0.3 is 10.1 Å². The third-order valence-electron chi connectivity index (χ3n) is 4.08. The van der Waals surface area contributed by atoms with E-state index < -0.39 is 23.5 Å². The molecule has 0 aromatic heterocycles. The number of nitriles is 1. The molecule has 2 rings (SSSR count). The fraction of sp³-hybridized carbons (Fsp3) is 0.471. The van der Waals surface area contributed by atoms with Crippen LogP contribution in [-0.4, -0.2) is 23.5 Å². The van der Waals surface area contributed by atoms with E-state index in [4.69, 9.17) is 27.9 Å². The van der Waals surface area contributed by atoms with Gasteiger partial charge in [0.15, 0.2) is 6.10 Å². The average molecular weight is 369 g/mol. The molecule has 1 aliphatic rings. The number of carbonyl (C=O) groups is 2. The summed E-state index contributed by atoms with van der Waals surface area (Å²) in [6.45, 7) is 1.46. The lowest BCUT2D eigenvalue weighted by molar-refractivity contribution is -0.130. The topological polar surface area (TPSA) is 79.2 Å². The summed E-state index contributed by atoms with van der Waals surface area (Å²) in [5.41, 5.74) is -0.777. The molecular weight excluding hydrogens is 351 g/mol. The van der Waals surface area contributed by atoms with E-state index in [0.29, 0.717) is 17.9 Å². The van der Waals surface area contributed by atoms with Crippen LogP contribution in [0.1, 0.15) is 49.4 Å². The Kier molecular flexibility index (Phi) is 6.09. The Morgan fingerprint density at radius 2 is 1.96 bits per heavy atom. The summed E-state index contributed by atoms with van der Waals surface area (Å²) in [6.07, 6.45) is 3.00. The van der Waals surface area contributed by atoms with Gasteiger partial charge >= 0.3 is 5.97 Å². The van der Waals surface area contributed by atoms with E-state index in [1.165, 1.54) is 19.1 Å². The number of nitrogens with zero attached hydrogens (tertiary/aromatic N) is 1. The van der Waals surface area contributed by atoms with E-state index in [1.54, 1.807) is 6.07 Å². The van der Waals surface area contributed by atoms with Crippen LogP contribution in [0.5, 0.6) is 0 Å². The molecule has 7 heteroatoms. The van der Waals surface area contributed by atoms with Crippen LogP contribution in [0.25, 0.3) is 0 Å². The molecule has 1 saturated carbocycles. The third kappa shape index (κ3) is 4.40. The molecule has 0 unspecified atom stereocenters. The Morgan fingerprint density at radius 3 is 2.58 bits per heavy atom. The number of amides is 1. The van der Waals surface area contributed by atoms with Gasteiger partial charge in [-0.15, -0.1) is 0 Å². The highest BCUT2D eigenvalue weighted by Gasteiger charge is 2.35. The monoisotopic (exact) mass is 368 g/mol. The normalized spacial score (nSPS) is 17.4. The predicted octanol–water partition coefficient (Wildman–Crippen LogP) is 3.88. The zero-order valence-electron chi connectivity index (χ0n) is 13.3. The molecule has 0 saturated heterocycles. The molecule has 1 amide bonds. The highest BCUT2D eigenvalue weighted by molar-refractivity contribution is 6.35. The van der Waals surface area contributed by atoms with Gasteiger partial charge in [-0.2, -0.15) is 5.26 Å². The van der Waals surface area contributed by atoms with Crippen molar-refractivity contribution in [2.75, 3.05) is 0 Å². The van der Waals surface area contributed by atoms with Crippen molar-refractivity contribution in [2.24, 2.45) is 0 Å². The SMILES string of the molecule is C[C@@H](OC(=O)c1cc(Cl)ccc1Cl)C(=O)NC1(C#N)CCCCC1. The van der Waals surface area contributed by atoms with Crippen LogP contribution in [0.4, 0.5) is 0 Å². The molecule has 1 aromatic carbocycles. The maximum absolute atomic E-state index is 12.3. The molecule has 0 bridgehead atoms. The van der Waals surface area contributed by atoms with Crippen LogP contribution in [0.2, 0.25) is 10.0 Å². The minimum absolute atomic E-state index is 0.0940. The molecule has 0 heterocycles. The number of halogens is 2. The smallest absolute Gasteiger partial charge is 0.340 e. The number of hydrogen-bond acceptors (Lipinski definition) is 4. The van der Waals surface area contributed by atoms with Crippen molar-refractivity contribution in [3.05, 3.63) is 33.8 Å². The summed E-state index contributed by atoms with van der Waals surface area (Å²) in [7, 11) is 0. The number of rotatable bonds is 4.